The molecule has 5 heteroatoms. The largest absolute Gasteiger partial charge is 0.466 e. The van der Waals surface area contributed by atoms with Gasteiger partial charge in [0.2, 0.25) is 0 Å². The first-order valence-corrected chi connectivity index (χ1v) is 7.65. The lowest BCUT2D eigenvalue weighted by molar-refractivity contribution is 0.0916. The lowest BCUT2D eigenvalue weighted by Crippen LogP contribution is -2.36. The highest BCUT2D eigenvalue weighted by molar-refractivity contribution is 5.95. The highest BCUT2D eigenvalue weighted by Crippen LogP contribution is 2.42. The number of aromatic nitrogens is 2. The molecule has 5 nitrogen and oxygen atoms in total. The van der Waals surface area contributed by atoms with E-state index in [2.05, 4.69) is 24.3 Å². The molecule has 0 saturated heterocycles. The van der Waals surface area contributed by atoms with Gasteiger partial charge in [-0.25, -0.2) is 0 Å². The van der Waals surface area contributed by atoms with E-state index in [1.54, 1.807) is 10.9 Å². The zero-order chi connectivity index (χ0) is 16.1. The molecule has 0 fully saturated rings. The van der Waals surface area contributed by atoms with Gasteiger partial charge in [-0.1, -0.05) is 13.8 Å². The first kappa shape index (κ1) is 14.9. The summed E-state index contributed by atoms with van der Waals surface area (Å²) in [6.07, 6.45) is 3.44. The molecule has 3 rings (SSSR count). The summed E-state index contributed by atoms with van der Waals surface area (Å²) in [5, 5.41) is 7.31. The fourth-order valence-corrected chi connectivity index (χ4v) is 3.27. The fraction of sp³-hybridized carbons (Fsp3) is 0.529. The molecule has 1 amide bonds. The molecule has 0 radical (unpaired) electrons. The van der Waals surface area contributed by atoms with Gasteiger partial charge in [0.1, 0.15) is 11.5 Å². The average molecular weight is 301 g/mol. The van der Waals surface area contributed by atoms with Gasteiger partial charge in [-0.2, -0.15) is 5.10 Å². The van der Waals surface area contributed by atoms with Crippen LogP contribution in [0.1, 0.15) is 59.4 Å². The minimum atomic E-state index is -0.0712. The topological polar surface area (TPSA) is 60.1 Å². The predicted molar refractivity (Wildman–Crippen MR) is 83.7 cm³/mol. The molecule has 1 aliphatic carbocycles. The van der Waals surface area contributed by atoms with Crippen molar-refractivity contribution in [2.45, 2.75) is 46.6 Å². The number of carbonyl (C=O) groups is 1. The highest BCUT2D eigenvalue weighted by Gasteiger charge is 2.35. The van der Waals surface area contributed by atoms with Gasteiger partial charge in [-0.3, -0.25) is 9.48 Å². The summed E-state index contributed by atoms with van der Waals surface area (Å²) in [5.74, 6) is 1.83. The number of rotatable bonds is 2. The number of fused-ring (bicyclic) bond motifs is 1. The highest BCUT2D eigenvalue weighted by atomic mass is 16.3. The molecule has 0 spiro atoms. The number of furan rings is 1. The van der Waals surface area contributed by atoms with Crippen LogP contribution >= 0.6 is 0 Å². The Kier molecular flexibility index (Phi) is 3.38. The molecule has 1 N–H and O–H groups in total. The molecular formula is C17H23N3O2. The van der Waals surface area contributed by atoms with Gasteiger partial charge >= 0.3 is 0 Å². The van der Waals surface area contributed by atoms with Crippen LogP contribution in [-0.2, 0) is 13.5 Å². The van der Waals surface area contributed by atoms with Gasteiger partial charge in [-0.15, -0.1) is 0 Å². The minimum absolute atomic E-state index is 0.0108. The Morgan fingerprint density at radius 3 is 2.82 bits per heavy atom. The number of nitrogens with zero attached hydrogens (tertiary/aromatic N) is 2. The number of hydrogen-bond donors (Lipinski definition) is 1. The number of hydrogen-bond acceptors (Lipinski definition) is 3. The van der Waals surface area contributed by atoms with Crippen LogP contribution in [0.5, 0.6) is 0 Å². The van der Waals surface area contributed by atoms with E-state index in [9.17, 15) is 4.79 Å². The van der Waals surface area contributed by atoms with E-state index >= 15 is 0 Å². The van der Waals surface area contributed by atoms with Gasteiger partial charge < -0.3 is 9.73 Å². The zero-order valence-electron chi connectivity index (χ0n) is 13.9. The summed E-state index contributed by atoms with van der Waals surface area (Å²) >= 11 is 0. The number of carbonyl (C=O) groups excluding carboxylic acids is 1. The van der Waals surface area contributed by atoms with E-state index < -0.39 is 0 Å². The van der Waals surface area contributed by atoms with Crippen LogP contribution in [-0.4, -0.2) is 15.7 Å². The van der Waals surface area contributed by atoms with Gasteiger partial charge in [-0.05, 0) is 31.7 Å². The van der Waals surface area contributed by atoms with E-state index in [1.807, 2.05) is 27.0 Å². The maximum absolute atomic E-state index is 12.6. The van der Waals surface area contributed by atoms with Crippen molar-refractivity contribution in [2.75, 3.05) is 0 Å². The number of amides is 1. The molecule has 0 bridgehead atoms. The van der Waals surface area contributed by atoms with Crippen molar-refractivity contribution >= 4 is 5.91 Å². The Labute approximate surface area is 130 Å². The molecule has 118 valence electrons. The molecule has 1 unspecified atom stereocenters. The maximum atomic E-state index is 12.6. The van der Waals surface area contributed by atoms with Crippen LogP contribution in [0, 0.1) is 19.3 Å². The summed E-state index contributed by atoms with van der Waals surface area (Å²) < 4.78 is 7.53. The van der Waals surface area contributed by atoms with Crippen molar-refractivity contribution in [3.8, 4) is 0 Å². The summed E-state index contributed by atoms with van der Waals surface area (Å²) in [6, 6.07) is 2.04. The average Bonchev–Trinajstić information content (AvgIpc) is 2.92. The van der Waals surface area contributed by atoms with Crippen molar-refractivity contribution in [3.63, 3.8) is 0 Å². The smallest absolute Gasteiger partial charge is 0.255 e. The Hall–Kier alpha value is -2.04. The number of nitrogens with one attached hydrogen (secondary N) is 1. The molecule has 2 aromatic rings. The van der Waals surface area contributed by atoms with E-state index in [0.717, 1.165) is 35.6 Å². The van der Waals surface area contributed by atoms with Crippen LogP contribution in [0.2, 0.25) is 0 Å². The summed E-state index contributed by atoms with van der Waals surface area (Å²) in [5.41, 5.74) is 2.73. The quantitative estimate of drug-likeness (QED) is 0.927. The van der Waals surface area contributed by atoms with E-state index in [-0.39, 0.29) is 17.4 Å². The Morgan fingerprint density at radius 1 is 1.45 bits per heavy atom. The van der Waals surface area contributed by atoms with Crippen LogP contribution < -0.4 is 5.32 Å². The monoisotopic (exact) mass is 301 g/mol. The molecule has 22 heavy (non-hydrogen) atoms. The molecule has 0 saturated carbocycles. The third-order valence-corrected chi connectivity index (χ3v) is 4.52. The summed E-state index contributed by atoms with van der Waals surface area (Å²) in [4.78, 5) is 12.6. The summed E-state index contributed by atoms with van der Waals surface area (Å²) in [7, 11) is 1.84. The molecule has 2 heterocycles. The molecule has 1 aliphatic rings. The second-order valence-electron chi connectivity index (χ2n) is 7.07. The molecule has 1 atom stereocenters. The fourth-order valence-electron chi connectivity index (χ4n) is 3.27. The summed E-state index contributed by atoms with van der Waals surface area (Å²) in [6.45, 7) is 8.28. The number of aryl methyl sites for hydroxylation is 2. The molecule has 0 aromatic carbocycles. The van der Waals surface area contributed by atoms with Crippen molar-refractivity contribution in [1.82, 2.24) is 15.1 Å². The van der Waals surface area contributed by atoms with Gasteiger partial charge in [0.05, 0.1) is 17.8 Å². The first-order valence-electron chi connectivity index (χ1n) is 7.65. The zero-order valence-corrected chi connectivity index (χ0v) is 13.9. The third-order valence-electron chi connectivity index (χ3n) is 4.52. The first-order chi connectivity index (χ1) is 10.3. The standard InChI is InChI=1S/C17H23N3O2/c1-10-6-12-14(7-17(3,4)8-15(12)22-10)19-16(21)13-9-18-20(5)11(13)2/h6,9,14H,7-8H2,1-5H3,(H,19,21). The van der Waals surface area contributed by atoms with Crippen molar-refractivity contribution in [2.24, 2.45) is 12.5 Å². The van der Waals surface area contributed by atoms with E-state index in [4.69, 9.17) is 4.42 Å². The predicted octanol–water partition coefficient (Wildman–Crippen LogP) is 3.07. The second kappa shape index (κ2) is 5.00. The van der Waals surface area contributed by atoms with E-state index in [1.165, 1.54) is 0 Å². The van der Waals surface area contributed by atoms with Crippen molar-refractivity contribution in [1.29, 1.82) is 0 Å². The second-order valence-corrected chi connectivity index (χ2v) is 7.07. The SMILES string of the molecule is Cc1cc2c(o1)CC(C)(C)CC2NC(=O)c1cnn(C)c1C. The van der Waals surface area contributed by atoms with Crippen molar-refractivity contribution in [3.05, 3.63) is 40.6 Å². The maximum Gasteiger partial charge on any atom is 0.255 e. The lowest BCUT2D eigenvalue weighted by Gasteiger charge is -2.34. The van der Waals surface area contributed by atoms with E-state index in [0.29, 0.717) is 5.56 Å². The molecular weight excluding hydrogens is 278 g/mol. The molecule has 0 aliphatic heterocycles. The Morgan fingerprint density at radius 2 is 2.18 bits per heavy atom. The minimum Gasteiger partial charge on any atom is -0.466 e. The van der Waals surface area contributed by atoms with Gasteiger partial charge in [0, 0.05) is 24.7 Å². The van der Waals surface area contributed by atoms with Crippen LogP contribution in [0.3, 0.4) is 0 Å². The van der Waals surface area contributed by atoms with Crippen LogP contribution in [0.15, 0.2) is 16.7 Å². The molecule has 2 aromatic heterocycles. The normalized spacial score (nSPS) is 19.8. The lowest BCUT2D eigenvalue weighted by atomic mass is 9.74. The van der Waals surface area contributed by atoms with Crippen molar-refractivity contribution < 1.29 is 9.21 Å². The van der Waals surface area contributed by atoms with Crippen LogP contribution in [0.25, 0.3) is 0 Å². The van der Waals surface area contributed by atoms with Gasteiger partial charge in [0.15, 0.2) is 0 Å². The third kappa shape index (κ3) is 2.56. The Balaban J connectivity index is 1.88. The Bertz CT molecular complexity index is 724. The van der Waals surface area contributed by atoms with Crippen LogP contribution in [0.4, 0.5) is 0 Å². The van der Waals surface area contributed by atoms with Gasteiger partial charge in [0.25, 0.3) is 5.91 Å².